The zero-order valence-electron chi connectivity index (χ0n) is 13.5. The lowest BCUT2D eigenvalue weighted by atomic mass is 9.95. The van der Waals surface area contributed by atoms with Crippen molar-refractivity contribution in [1.82, 2.24) is 14.3 Å². The summed E-state index contributed by atoms with van der Waals surface area (Å²) < 4.78 is 29.2. The van der Waals surface area contributed by atoms with Crippen molar-refractivity contribution < 1.29 is 8.42 Å². The second-order valence-corrected chi connectivity index (χ2v) is 8.15. The van der Waals surface area contributed by atoms with Gasteiger partial charge in [-0.1, -0.05) is 31.2 Å². The molecule has 23 heavy (non-hydrogen) atoms. The number of nitrogens with one attached hydrogen (secondary N) is 2. The fraction of sp³-hybridized carbons (Fsp3) is 0.625. The maximum absolute atomic E-state index is 12.4. The van der Waals surface area contributed by atoms with E-state index in [0.29, 0.717) is 25.6 Å². The summed E-state index contributed by atoms with van der Waals surface area (Å²) >= 11 is 0. The Hall–Kier alpha value is -0.660. The van der Waals surface area contributed by atoms with Gasteiger partial charge in [0.1, 0.15) is 0 Å². The van der Waals surface area contributed by atoms with E-state index >= 15 is 0 Å². The fourth-order valence-corrected chi connectivity index (χ4v) is 4.53. The van der Waals surface area contributed by atoms with Gasteiger partial charge in [0.25, 0.3) is 10.2 Å². The quantitative estimate of drug-likeness (QED) is 0.862. The molecule has 3 rings (SSSR count). The van der Waals surface area contributed by atoms with Gasteiger partial charge in [-0.25, -0.2) is 4.72 Å². The first-order chi connectivity index (χ1) is 10.6. The summed E-state index contributed by atoms with van der Waals surface area (Å²) in [4.78, 5) is 0. The molecule has 1 atom stereocenters. The smallest absolute Gasteiger partial charge is 0.279 e. The normalized spacial score (nSPS) is 23.1. The molecule has 0 bridgehead atoms. The third-order valence-corrected chi connectivity index (χ3v) is 6.34. The molecule has 1 aromatic rings. The van der Waals surface area contributed by atoms with E-state index in [9.17, 15) is 8.42 Å². The summed E-state index contributed by atoms with van der Waals surface area (Å²) in [6.45, 7) is 4.74. The molecule has 0 amide bonds. The molecule has 1 aromatic carbocycles. The summed E-state index contributed by atoms with van der Waals surface area (Å²) in [7, 11) is -3.37. The number of rotatable bonds is 4. The predicted octanol–water partition coefficient (Wildman–Crippen LogP) is 1.86. The van der Waals surface area contributed by atoms with Crippen LogP contribution in [0.25, 0.3) is 0 Å². The number of piperidine rings is 1. The Bertz CT molecular complexity index is 616. The number of halogens is 1. The van der Waals surface area contributed by atoms with Crippen LogP contribution in [0.1, 0.15) is 36.9 Å². The van der Waals surface area contributed by atoms with Crippen LogP contribution < -0.4 is 10.0 Å². The average molecular weight is 360 g/mol. The minimum absolute atomic E-state index is 0. The van der Waals surface area contributed by atoms with E-state index < -0.39 is 10.2 Å². The molecule has 130 valence electrons. The van der Waals surface area contributed by atoms with Gasteiger partial charge in [0.05, 0.1) is 0 Å². The van der Waals surface area contributed by atoms with Gasteiger partial charge in [0.2, 0.25) is 0 Å². The second kappa shape index (κ2) is 7.94. The first-order valence-electron chi connectivity index (χ1n) is 8.12. The minimum atomic E-state index is -3.37. The van der Waals surface area contributed by atoms with Crippen LogP contribution in [0.4, 0.5) is 0 Å². The SMILES string of the molecule is CC1CCN(S(=O)(=O)NCC2NCCc3ccccc32)CC1.Cl. The number of benzene rings is 1. The Labute approximate surface area is 145 Å². The lowest BCUT2D eigenvalue weighted by Gasteiger charge is -2.31. The molecule has 0 radical (unpaired) electrons. The van der Waals surface area contributed by atoms with Gasteiger partial charge in [0.15, 0.2) is 0 Å². The van der Waals surface area contributed by atoms with Crippen molar-refractivity contribution in [1.29, 1.82) is 0 Å². The van der Waals surface area contributed by atoms with Crippen LogP contribution in [0.5, 0.6) is 0 Å². The molecule has 1 unspecified atom stereocenters. The van der Waals surface area contributed by atoms with Gasteiger partial charge in [0, 0.05) is 25.7 Å². The van der Waals surface area contributed by atoms with E-state index in [1.807, 2.05) is 12.1 Å². The van der Waals surface area contributed by atoms with Gasteiger partial charge < -0.3 is 5.32 Å². The summed E-state index contributed by atoms with van der Waals surface area (Å²) in [6.07, 6.45) is 2.90. The van der Waals surface area contributed by atoms with Gasteiger partial charge in [-0.3, -0.25) is 0 Å². The molecular weight excluding hydrogens is 334 g/mol. The van der Waals surface area contributed by atoms with E-state index in [4.69, 9.17) is 0 Å². The lowest BCUT2D eigenvalue weighted by Crippen LogP contribution is -2.47. The summed E-state index contributed by atoms with van der Waals surface area (Å²) in [5.74, 6) is 0.623. The van der Waals surface area contributed by atoms with Crippen LogP contribution in [0.15, 0.2) is 24.3 Å². The highest BCUT2D eigenvalue weighted by Gasteiger charge is 2.28. The Morgan fingerprint density at radius 1 is 1.26 bits per heavy atom. The Balaban J connectivity index is 0.00000192. The van der Waals surface area contributed by atoms with Crippen molar-refractivity contribution in [3.63, 3.8) is 0 Å². The highest BCUT2D eigenvalue weighted by atomic mass is 35.5. The zero-order valence-corrected chi connectivity index (χ0v) is 15.1. The molecule has 0 aromatic heterocycles. The first-order valence-corrected chi connectivity index (χ1v) is 9.56. The highest BCUT2D eigenvalue weighted by molar-refractivity contribution is 7.87. The lowest BCUT2D eigenvalue weighted by molar-refractivity contribution is 0.284. The standard InChI is InChI=1S/C16H25N3O2S.ClH/c1-13-7-10-19(11-8-13)22(20,21)18-12-16-15-5-3-2-4-14(15)6-9-17-16;/h2-5,13,16-18H,6-12H2,1H3;1H. The van der Waals surface area contributed by atoms with E-state index in [2.05, 4.69) is 29.1 Å². The molecule has 2 heterocycles. The minimum Gasteiger partial charge on any atom is -0.308 e. The average Bonchev–Trinajstić information content (AvgIpc) is 2.53. The van der Waals surface area contributed by atoms with E-state index in [1.54, 1.807) is 4.31 Å². The van der Waals surface area contributed by atoms with Crippen LogP contribution in [0.3, 0.4) is 0 Å². The molecule has 7 heteroatoms. The number of fused-ring (bicyclic) bond motifs is 1. The van der Waals surface area contributed by atoms with Gasteiger partial charge in [-0.05, 0) is 42.9 Å². The molecule has 0 saturated carbocycles. The third-order valence-electron chi connectivity index (χ3n) is 4.77. The van der Waals surface area contributed by atoms with Crippen LogP contribution in [0, 0.1) is 5.92 Å². The van der Waals surface area contributed by atoms with Crippen LogP contribution >= 0.6 is 12.4 Å². The monoisotopic (exact) mass is 359 g/mol. The van der Waals surface area contributed by atoms with E-state index in [0.717, 1.165) is 25.8 Å². The summed E-state index contributed by atoms with van der Waals surface area (Å²) in [6, 6.07) is 8.33. The molecule has 0 spiro atoms. The summed E-state index contributed by atoms with van der Waals surface area (Å²) in [5.41, 5.74) is 2.53. The molecular formula is C16H26ClN3O2S. The van der Waals surface area contributed by atoms with E-state index in [1.165, 1.54) is 11.1 Å². The highest BCUT2D eigenvalue weighted by Crippen LogP contribution is 2.23. The predicted molar refractivity (Wildman–Crippen MR) is 95.0 cm³/mol. The van der Waals surface area contributed by atoms with E-state index in [-0.39, 0.29) is 18.4 Å². The molecule has 5 nitrogen and oxygen atoms in total. The summed E-state index contributed by atoms with van der Waals surface area (Å²) in [5, 5.41) is 3.41. The largest absolute Gasteiger partial charge is 0.308 e. The van der Waals surface area contributed by atoms with Crippen LogP contribution in [-0.4, -0.2) is 38.9 Å². The van der Waals surface area contributed by atoms with Gasteiger partial charge >= 0.3 is 0 Å². The van der Waals surface area contributed by atoms with Gasteiger partial charge in [-0.15, -0.1) is 12.4 Å². The van der Waals surface area contributed by atoms with Crippen molar-refractivity contribution >= 4 is 22.6 Å². The van der Waals surface area contributed by atoms with Crippen molar-refractivity contribution in [2.45, 2.75) is 32.2 Å². The molecule has 2 aliphatic heterocycles. The topological polar surface area (TPSA) is 61.4 Å². The third kappa shape index (κ3) is 4.45. The maximum atomic E-state index is 12.4. The van der Waals surface area contributed by atoms with Crippen LogP contribution in [-0.2, 0) is 16.6 Å². The van der Waals surface area contributed by atoms with Crippen molar-refractivity contribution in [3.05, 3.63) is 35.4 Å². The van der Waals surface area contributed by atoms with Gasteiger partial charge in [-0.2, -0.15) is 12.7 Å². The first kappa shape index (κ1) is 18.7. The van der Waals surface area contributed by atoms with Crippen molar-refractivity contribution in [2.75, 3.05) is 26.2 Å². The Morgan fingerprint density at radius 2 is 1.96 bits per heavy atom. The second-order valence-electron chi connectivity index (χ2n) is 6.39. The number of hydrogen-bond donors (Lipinski definition) is 2. The number of hydrogen-bond acceptors (Lipinski definition) is 3. The molecule has 2 N–H and O–H groups in total. The maximum Gasteiger partial charge on any atom is 0.279 e. The van der Waals surface area contributed by atoms with Crippen molar-refractivity contribution in [2.24, 2.45) is 5.92 Å². The van der Waals surface area contributed by atoms with Crippen molar-refractivity contribution in [3.8, 4) is 0 Å². The van der Waals surface area contributed by atoms with Crippen LogP contribution in [0.2, 0.25) is 0 Å². The molecule has 0 aliphatic carbocycles. The molecule has 2 aliphatic rings. The molecule has 1 saturated heterocycles. The fourth-order valence-electron chi connectivity index (χ4n) is 3.28. The Kier molecular flexibility index (Phi) is 6.45. The Morgan fingerprint density at radius 3 is 2.70 bits per heavy atom. The molecule has 1 fully saturated rings. The zero-order chi connectivity index (χ0) is 15.6. The number of nitrogens with zero attached hydrogens (tertiary/aromatic N) is 1.